The van der Waals surface area contributed by atoms with Crippen LogP contribution < -0.4 is 5.32 Å². The van der Waals surface area contributed by atoms with Crippen LogP contribution in [0.2, 0.25) is 0 Å². The topological polar surface area (TPSA) is 61.8 Å². The second kappa shape index (κ2) is 9.29. The Morgan fingerprint density at radius 3 is 2.47 bits per heavy atom. The van der Waals surface area contributed by atoms with Crippen LogP contribution >= 0.6 is 0 Å². The van der Waals surface area contributed by atoms with Gasteiger partial charge >= 0.3 is 5.97 Å². The number of hydrogen-bond acceptors (Lipinski definition) is 4. The lowest BCUT2D eigenvalue weighted by atomic mass is 9.78. The maximum absolute atomic E-state index is 11.0. The van der Waals surface area contributed by atoms with E-state index in [4.69, 9.17) is 9.84 Å². The van der Waals surface area contributed by atoms with Crippen molar-refractivity contribution in [2.75, 3.05) is 33.4 Å². The zero-order chi connectivity index (χ0) is 21.0. The second-order valence-corrected chi connectivity index (χ2v) is 8.95. The Morgan fingerprint density at radius 2 is 1.83 bits per heavy atom. The summed E-state index contributed by atoms with van der Waals surface area (Å²) in [6.45, 7) is 4.76. The molecule has 2 fully saturated rings. The summed E-state index contributed by atoms with van der Waals surface area (Å²) in [6.07, 6.45) is 3.46. The molecule has 2 aromatic rings. The highest BCUT2D eigenvalue weighted by Crippen LogP contribution is 2.42. The minimum atomic E-state index is -0.874. The molecular weight excluding hydrogens is 376 g/mol. The van der Waals surface area contributed by atoms with E-state index in [0.717, 1.165) is 45.6 Å². The van der Waals surface area contributed by atoms with Gasteiger partial charge in [0.15, 0.2) is 0 Å². The Bertz CT molecular complexity index is 829. The van der Waals surface area contributed by atoms with Crippen molar-refractivity contribution in [2.45, 2.75) is 37.8 Å². The highest BCUT2D eigenvalue weighted by Gasteiger charge is 2.41. The number of nitrogens with zero attached hydrogens (tertiary/aromatic N) is 1. The number of rotatable bonds is 9. The van der Waals surface area contributed by atoms with Crippen LogP contribution in [0.5, 0.6) is 0 Å². The van der Waals surface area contributed by atoms with Gasteiger partial charge in [0, 0.05) is 37.6 Å². The second-order valence-electron chi connectivity index (χ2n) is 8.95. The Hall–Kier alpha value is -2.21. The van der Waals surface area contributed by atoms with Crippen LogP contribution in [0.1, 0.15) is 46.7 Å². The number of nitrogens with one attached hydrogen (secondary N) is 1. The molecule has 0 radical (unpaired) electrons. The quantitative estimate of drug-likeness (QED) is 0.662. The van der Waals surface area contributed by atoms with Gasteiger partial charge in [0.1, 0.15) is 0 Å². The van der Waals surface area contributed by atoms with Crippen LogP contribution in [-0.2, 0) is 11.3 Å². The van der Waals surface area contributed by atoms with E-state index < -0.39 is 5.97 Å². The van der Waals surface area contributed by atoms with E-state index in [9.17, 15) is 4.79 Å². The molecule has 30 heavy (non-hydrogen) atoms. The van der Waals surface area contributed by atoms with Crippen molar-refractivity contribution >= 4 is 5.97 Å². The molecule has 2 atom stereocenters. The standard InChI is InChI=1S/C25H32N2O3/c1-30-18-25(17-26-23-15-22(23)20-5-3-2-4-6-20)11-13-27(14-12-25)16-19-7-9-21(10-8-19)24(28)29/h2-10,22-23,26H,11-18H2,1H3,(H,28,29)/t22-,23+/m0/s1. The molecular formula is C25H32N2O3. The maximum atomic E-state index is 11.0. The molecule has 0 unspecified atom stereocenters. The summed E-state index contributed by atoms with van der Waals surface area (Å²) in [5.74, 6) is -0.221. The first-order valence-corrected chi connectivity index (χ1v) is 10.9. The zero-order valence-corrected chi connectivity index (χ0v) is 17.7. The number of likely N-dealkylation sites (tertiary alicyclic amines) is 1. The van der Waals surface area contributed by atoms with E-state index in [1.54, 1.807) is 12.1 Å². The van der Waals surface area contributed by atoms with Crippen molar-refractivity contribution in [1.29, 1.82) is 0 Å². The average molecular weight is 409 g/mol. The molecule has 0 amide bonds. The molecule has 160 valence electrons. The third kappa shape index (κ3) is 5.09. The minimum absolute atomic E-state index is 0.197. The lowest BCUT2D eigenvalue weighted by Crippen LogP contribution is -2.47. The fourth-order valence-corrected chi connectivity index (χ4v) is 4.71. The number of carbonyl (C=O) groups is 1. The van der Waals surface area contributed by atoms with Crippen LogP contribution in [0, 0.1) is 5.41 Å². The summed E-state index contributed by atoms with van der Waals surface area (Å²) in [7, 11) is 1.81. The summed E-state index contributed by atoms with van der Waals surface area (Å²) in [5.41, 5.74) is 3.15. The smallest absolute Gasteiger partial charge is 0.335 e. The summed E-state index contributed by atoms with van der Waals surface area (Å²) in [6, 6.07) is 18.6. The predicted octanol–water partition coefficient (Wildman–Crippen LogP) is 3.76. The molecule has 2 N–H and O–H groups in total. The number of carboxylic acid groups (broad SMARTS) is 1. The number of piperidine rings is 1. The number of hydrogen-bond donors (Lipinski definition) is 2. The highest BCUT2D eigenvalue weighted by molar-refractivity contribution is 5.87. The van der Waals surface area contributed by atoms with Gasteiger partial charge in [0.25, 0.3) is 0 Å². The number of aromatic carboxylic acids is 1. The molecule has 0 aromatic heterocycles. The fourth-order valence-electron chi connectivity index (χ4n) is 4.71. The van der Waals surface area contributed by atoms with Gasteiger partial charge in [0.05, 0.1) is 12.2 Å². The van der Waals surface area contributed by atoms with Gasteiger partial charge in [-0.3, -0.25) is 4.90 Å². The molecule has 1 saturated heterocycles. The molecule has 4 rings (SSSR count). The van der Waals surface area contributed by atoms with Gasteiger partial charge in [-0.05, 0) is 55.6 Å². The van der Waals surface area contributed by atoms with Crippen molar-refractivity contribution in [3.63, 3.8) is 0 Å². The van der Waals surface area contributed by atoms with Gasteiger partial charge < -0.3 is 15.2 Å². The first-order chi connectivity index (χ1) is 14.6. The normalized spacial score (nSPS) is 23.2. The fraction of sp³-hybridized carbons (Fsp3) is 0.480. The van der Waals surface area contributed by atoms with Gasteiger partial charge in [-0.1, -0.05) is 42.5 Å². The van der Waals surface area contributed by atoms with Crippen LogP contribution in [0.15, 0.2) is 54.6 Å². The first kappa shape index (κ1) is 21.0. The Kier molecular flexibility index (Phi) is 6.52. The van der Waals surface area contributed by atoms with E-state index in [0.29, 0.717) is 17.5 Å². The molecule has 2 aliphatic rings. The molecule has 1 aliphatic carbocycles. The molecule has 1 saturated carbocycles. The van der Waals surface area contributed by atoms with Crippen LogP contribution in [0.3, 0.4) is 0 Å². The summed E-state index contributed by atoms with van der Waals surface area (Å²) >= 11 is 0. The number of methoxy groups -OCH3 is 1. The van der Waals surface area contributed by atoms with Crippen LogP contribution in [0.4, 0.5) is 0 Å². The Labute approximate surface area is 179 Å². The minimum Gasteiger partial charge on any atom is -0.478 e. The molecule has 1 aliphatic heterocycles. The Morgan fingerprint density at radius 1 is 1.13 bits per heavy atom. The van der Waals surface area contributed by atoms with Crippen molar-refractivity contribution in [3.8, 4) is 0 Å². The number of ether oxygens (including phenoxy) is 1. The molecule has 0 spiro atoms. The monoisotopic (exact) mass is 408 g/mol. The lowest BCUT2D eigenvalue weighted by molar-refractivity contribution is 0.0193. The largest absolute Gasteiger partial charge is 0.478 e. The molecule has 5 nitrogen and oxygen atoms in total. The zero-order valence-electron chi connectivity index (χ0n) is 17.7. The van der Waals surface area contributed by atoms with E-state index in [-0.39, 0.29) is 5.41 Å². The van der Waals surface area contributed by atoms with E-state index >= 15 is 0 Å². The van der Waals surface area contributed by atoms with Crippen molar-refractivity contribution in [3.05, 3.63) is 71.3 Å². The molecule has 0 bridgehead atoms. The molecule has 2 aromatic carbocycles. The third-order valence-electron chi connectivity index (χ3n) is 6.73. The van der Waals surface area contributed by atoms with Crippen LogP contribution in [-0.4, -0.2) is 55.4 Å². The van der Waals surface area contributed by atoms with Gasteiger partial charge in [0.2, 0.25) is 0 Å². The Balaban J connectivity index is 1.27. The van der Waals surface area contributed by atoms with Crippen molar-refractivity contribution in [2.24, 2.45) is 5.41 Å². The van der Waals surface area contributed by atoms with Gasteiger partial charge in [-0.2, -0.15) is 0 Å². The molecule has 1 heterocycles. The van der Waals surface area contributed by atoms with E-state index in [1.165, 1.54) is 17.5 Å². The highest BCUT2D eigenvalue weighted by atomic mass is 16.5. The summed E-state index contributed by atoms with van der Waals surface area (Å²) < 4.78 is 5.62. The SMILES string of the molecule is COCC1(CN[C@@H]2C[C@H]2c2ccccc2)CCN(Cc2ccc(C(=O)O)cc2)CC1. The van der Waals surface area contributed by atoms with Crippen molar-refractivity contribution in [1.82, 2.24) is 10.2 Å². The summed E-state index contributed by atoms with van der Waals surface area (Å²) in [5, 5.41) is 12.9. The summed E-state index contributed by atoms with van der Waals surface area (Å²) in [4.78, 5) is 13.5. The first-order valence-electron chi connectivity index (χ1n) is 10.9. The third-order valence-corrected chi connectivity index (χ3v) is 6.73. The van der Waals surface area contributed by atoms with E-state index in [1.807, 2.05) is 19.2 Å². The number of carboxylic acids is 1. The van der Waals surface area contributed by atoms with Gasteiger partial charge in [-0.15, -0.1) is 0 Å². The predicted molar refractivity (Wildman–Crippen MR) is 118 cm³/mol. The lowest BCUT2D eigenvalue weighted by Gasteiger charge is -2.42. The van der Waals surface area contributed by atoms with Gasteiger partial charge in [-0.25, -0.2) is 4.79 Å². The maximum Gasteiger partial charge on any atom is 0.335 e. The number of benzene rings is 2. The average Bonchev–Trinajstić information content (AvgIpc) is 3.55. The molecule has 5 heteroatoms. The van der Waals surface area contributed by atoms with E-state index in [2.05, 4.69) is 40.5 Å². The van der Waals surface area contributed by atoms with Crippen molar-refractivity contribution < 1.29 is 14.6 Å². The van der Waals surface area contributed by atoms with Crippen LogP contribution in [0.25, 0.3) is 0 Å².